The van der Waals surface area contributed by atoms with Gasteiger partial charge in [-0.15, -0.1) is 0 Å². The molecule has 0 radical (unpaired) electrons. The SMILES string of the molecule is CCCC1CCCN(CC(N)C2CC2)CC1. The van der Waals surface area contributed by atoms with E-state index < -0.39 is 0 Å². The molecule has 2 rings (SSSR count). The molecule has 2 unspecified atom stereocenters. The van der Waals surface area contributed by atoms with Crippen LogP contribution in [0, 0.1) is 11.8 Å². The first-order valence-corrected chi connectivity index (χ1v) is 7.27. The van der Waals surface area contributed by atoms with Crippen molar-refractivity contribution >= 4 is 0 Å². The molecule has 0 amide bonds. The lowest BCUT2D eigenvalue weighted by Gasteiger charge is -2.24. The van der Waals surface area contributed by atoms with Crippen molar-refractivity contribution in [3.05, 3.63) is 0 Å². The lowest BCUT2D eigenvalue weighted by molar-refractivity contribution is 0.253. The summed E-state index contributed by atoms with van der Waals surface area (Å²) in [5.41, 5.74) is 6.21. The van der Waals surface area contributed by atoms with Gasteiger partial charge in [0.15, 0.2) is 0 Å². The molecule has 1 saturated heterocycles. The van der Waals surface area contributed by atoms with E-state index in [9.17, 15) is 0 Å². The van der Waals surface area contributed by atoms with E-state index in [1.54, 1.807) is 0 Å². The van der Waals surface area contributed by atoms with Gasteiger partial charge in [-0.3, -0.25) is 0 Å². The van der Waals surface area contributed by atoms with Gasteiger partial charge >= 0.3 is 0 Å². The van der Waals surface area contributed by atoms with Crippen LogP contribution in [0.2, 0.25) is 0 Å². The lowest BCUT2D eigenvalue weighted by Crippen LogP contribution is -2.39. The Morgan fingerprint density at radius 3 is 2.69 bits per heavy atom. The van der Waals surface area contributed by atoms with Crippen molar-refractivity contribution in [2.24, 2.45) is 17.6 Å². The molecule has 2 aliphatic rings. The van der Waals surface area contributed by atoms with E-state index in [-0.39, 0.29) is 0 Å². The summed E-state index contributed by atoms with van der Waals surface area (Å²) in [6, 6.07) is 0.461. The Balaban J connectivity index is 1.70. The lowest BCUT2D eigenvalue weighted by atomic mass is 9.96. The van der Waals surface area contributed by atoms with Crippen molar-refractivity contribution in [3.8, 4) is 0 Å². The van der Waals surface area contributed by atoms with Crippen molar-refractivity contribution in [3.63, 3.8) is 0 Å². The third-order valence-electron chi connectivity index (χ3n) is 4.33. The first-order chi connectivity index (χ1) is 7.79. The van der Waals surface area contributed by atoms with E-state index >= 15 is 0 Å². The molecule has 2 N–H and O–H groups in total. The monoisotopic (exact) mass is 224 g/mol. The van der Waals surface area contributed by atoms with E-state index in [0.717, 1.165) is 18.4 Å². The van der Waals surface area contributed by atoms with E-state index in [1.807, 2.05) is 0 Å². The van der Waals surface area contributed by atoms with Gasteiger partial charge in [0.25, 0.3) is 0 Å². The second-order valence-electron chi connectivity index (χ2n) is 5.89. The van der Waals surface area contributed by atoms with Crippen molar-refractivity contribution < 1.29 is 0 Å². The van der Waals surface area contributed by atoms with Crippen LogP contribution in [0.1, 0.15) is 51.9 Å². The summed E-state index contributed by atoms with van der Waals surface area (Å²) in [7, 11) is 0. The van der Waals surface area contributed by atoms with Gasteiger partial charge < -0.3 is 10.6 Å². The van der Waals surface area contributed by atoms with Gasteiger partial charge in [0.05, 0.1) is 0 Å². The quantitative estimate of drug-likeness (QED) is 0.778. The fourth-order valence-corrected chi connectivity index (χ4v) is 3.08. The zero-order chi connectivity index (χ0) is 11.4. The largest absolute Gasteiger partial charge is 0.326 e. The number of rotatable bonds is 5. The number of likely N-dealkylation sites (tertiary alicyclic amines) is 1. The molecular formula is C14H28N2. The molecule has 1 saturated carbocycles. The zero-order valence-corrected chi connectivity index (χ0v) is 10.8. The highest BCUT2D eigenvalue weighted by molar-refractivity contribution is 4.86. The van der Waals surface area contributed by atoms with Gasteiger partial charge in [-0.1, -0.05) is 19.8 Å². The molecule has 2 fully saturated rings. The molecule has 16 heavy (non-hydrogen) atoms. The van der Waals surface area contributed by atoms with Crippen LogP contribution < -0.4 is 5.73 Å². The van der Waals surface area contributed by atoms with Crippen LogP contribution in [-0.2, 0) is 0 Å². The van der Waals surface area contributed by atoms with Crippen LogP contribution >= 0.6 is 0 Å². The molecule has 2 atom stereocenters. The Kier molecular flexibility index (Phi) is 4.66. The highest BCUT2D eigenvalue weighted by atomic mass is 15.1. The molecule has 0 spiro atoms. The Morgan fingerprint density at radius 2 is 2.00 bits per heavy atom. The fraction of sp³-hybridized carbons (Fsp3) is 1.00. The first-order valence-electron chi connectivity index (χ1n) is 7.27. The molecule has 0 aromatic carbocycles. The molecule has 1 heterocycles. The van der Waals surface area contributed by atoms with Gasteiger partial charge in [0.2, 0.25) is 0 Å². The average molecular weight is 224 g/mol. The molecular weight excluding hydrogens is 196 g/mol. The van der Waals surface area contributed by atoms with Crippen molar-refractivity contribution in [1.82, 2.24) is 4.90 Å². The van der Waals surface area contributed by atoms with E-state index in [4.69, 9.17) is 5.73 Å². The molecule has 2 nitrogen and oxygen atoms in total. The van der Waals surface area contributed by atoms with Crippen molar-refractivity contribution in [1.29, 1.82) is 0 Å². The van der Waals surface area contributed by atoms with E-state index in [1.165, 1.54) is 58.0 Å². The number of hydrogen-bond donors (Lipinski definition) is 1. The van der Waals surface area contributed by atoms with Crippen LogP contribution in [0.15, 0.2) is 0 Å². The summed E-state index contributed by atoms with van der Waals surface area (Å²) in [6.07, 6.45) is 9.80. The molecule has 0 aromatic heterocycles. The second kappa shape index (κ2) is 6.02. The van der Waals surface area contributed by atoms with E-state index in [2.05, 4.69) is 11.8 Å². The molecule has 1 aliphatic carbocycles. The highest BCUT2D eigenvalue weighted by Gasteiger charge is 2.30. The highest BCUT2D eigenvalue weighted by Crippen LogP contribution is 2.32. The summed E-state index contributed by atoms with van der Waals surface area (Å²) in [5.74, 6) is 1.85. The summed E-state index contributed by atoms with van der Waals surface area (Å²) in [4.78, 5) is 2.62. The van der Waals surface area contributed by atoms with Crippen LogP contribution in [0.3, 0.4) is 0 Å². The van der Waals surface area contributed by atoms with Gasteiger partial charge in [0, 0.05) is 12.6 Å². The van der Waals surface area contributed by atoms with Gasteiger partial charge in [-0.05, 0) is 57.0 Å². The molecule has 94 valence electrons. The number of hydrogen-bond acceptors (Lipinski definition) is 2. The molecule has 1 aliphatic heterocycles. The maximum atomic E-state index is 6.21. The second-order valence-corrected chi connectivity index (χ2v) is 5.89. The van der Waals surface area contributed by atoms with Gasteiger partial charge in [-0.25, -0.2) is 0 Å². The minimum atomic E-state index is 0.461. The third kappa shape index (κ3) is 3.74. The van der Waals surface area contributed by atoms with Crippen LogP contribution in [-0.4, -0.2) is 30.6 Å². The summed E-state index contributed by atoms with van der Waals surface area (Å²) >= 11 is 0. The van der Waals surface area contributed by atoms with Gasteiger partial charge in [0.1, 0.15) is 0 Å². The van der Waals surface area contributed by atoms with Crippen molar-refractivity contribution in [2.75, 3.05) is 19.6 Å². The zero-order valence-electron chi connectivity index (χ0n) is 10.8. The van der Waals surface area contributed by atoms with Crippen molar-refractivity contribution in [2.45, 2.75) is 57.9 Å². The fourth-order valence-electron chi connectivity index (χ4n) is 3.08. The Morgan fingerprint density at radius 1 is 1.19 bits per heavy atom. The first kappa shape index (κ1) is 12.4. The molecule has 0 bridgehead atoms. The minimum Gasteiger partial charge on any atom is -0.326 e. The summed E-state index contributed by atoms with van der Waals surface area (Å²) in [5, 5.41) is 0. The summed E-state index contributed by atoms with van der Waals surface area (Å²) in [6.45, 7) is 6.06. The maximum absolute atomic E-state index is 6.21. The molecule has 2 heteroatoms. The number of nitrogens with zero attached hydrogens (tertiary/aromatic N) is 1. The average Bonchev–Trinajstić information content (AvgIpc) is 3.06. The van der Waals surface area contributed by atoms with Gasteiger partial charge in [-0.2, -0.15) is 0 Å². The normalized spacial score (nSPS) is 30.0. The molecule has 0 aromatic rings. The van der Waals surface area contributed by atoms with Crippen LogP contribution in [0.4, 0.5) is 0 Å². The Bertz CT molecular complexity index is 201. The number of nitrogens with two attached hydrogens (primary N) is 1. The predicted octanol–water partition coefficient (Wildman–Crippen LogP) is 2.63. The third-order valence-corrected chi connectivity index (χ3v) is 4.33. The van der Waals surface area contributed by atoms with Crippen LogP contribution in [0.25, 0.3) is 0 Å². The topological polar surface area (TPSA) is 29.3 Å². The Labute approximate surface area is 101 Å². The van der Waals surface area contributed by atoms with E-state index in [0.29, 0.717) is 6.04 Å². The Hall–Kier alpha value is -0.0800. The summed E-state index contributed by atoms with van der Waals surface area (Å²) < 4.78 is 0. The standard InChI is InChI=1S/C14H28N2/c1-2-4-12-5-3-9-16(10-8-12)11-14(15)13-6-7-13/h12-14H,2-11,15H2,1H3. The predicted molar refractivity (Wildman–Crippen MR) is 69.4 cm³/mol. The maximum Gasteiger partial charge on any atom is 0.0196 e. The minimum absolute atomic E-state index is 0.461. The smallest absolute Gasteiger partial charge is 0.0196 e. The van der Waals surface area contributed by atoms with Crippen LogP contribution in [0.5, 0.6) is 0 Å².